The largest absolute Gasteiger partial charge is 0.444 e. The average Bonchev–Trinajstić information content (AvgIpc) is 3.43. The van der Waals surface area contributed by atoms with Crippen molar-refractivity contribution >= 4 is 27.8 Å². The van der Waals surface area contributed by atoms with Gasteiger partial charge in [0.15, 0.2) is 0 Å². The number of anilines is 1. The second kappa shape index (κ2) is 8.91. The Morgan fingerprint density at radius 2 is 1.74 bits per heavy atom. The number of aryl methyl sites for hydroxylation is 1. The van der Waals surface area contributed by atoms with Crippen molar-refractivity contribution in [3.63, 3.8) is 0 Å². The van der Waals surface area contributed by atoms with E-state index in [9.17, 15) is 18.0 Å². The highest BCUT2D eigenvalue weighted by molar-refractivity contribution is 7.92. The lowest BCUT2D eigenvalue weighted by atomic mass is 9.98. The van der Waals surface area contributed by atoms with Gasteiger partial charge in [-0.05, 0) is 113 Å². The topological polar surface area (TPSA) is 105 Å². The first-order valence-electron chi connectivity index (χ1n) is 12.1. The van der Waals surface area contributed by atoms with Gasteiger partial charge in [0.2, 0.25) is 0 Å². The van der Waals surface area contributed by atoms with Crippen LogP contribution in [-0.4, -0.2) is 43.1 Å². The first kappa shape index (κ1) is 24.6. The first-order chi connectivity index (χ1) is 15.9. The van der Waals surface area contributed by atoms with Crippen LogP contribution in [-0.2, 0) is 40.4 Å². The zero-order chi connectivity index (χ0) is 24.7. The Morgan fingerprint density at radius 1 is 1.06 bits per heavy atom. The van der Waals surface area contributed by atoms with E-state index in [0.29, 0.717) is 18.7 Å². The molecule has 0 unspecified atom stereocenters. The molecule has 1 saturated heterocycles. The Morgan fingerprint density at radius 3 is 2.47 bits per heavy atom. The van der Waals surface area contributed by atoms with E-state index < -0.39 is 33.3 Å². The van der Waals surface area contributed by atoms with Crippen molar-refractivity contribution in [1.82, 2.24) is 9.62 Å². The van der Waals surface area contributed by atoms with Crippen molar-refractivity contribution in [3.8, 4) is 0 Å². The lowest BCUT2D eigenvalue weighted by Gasteiger charge is -2.34. The highest BCUT2D eigenvalue weighted by atomic mass is 32.2. The van der Waals surface area contributed by atoms with Gasteiger partial charge in [0, 0.05) is 17.6 Å². The summed E-state index contributed by atoms with van der Waals surface area (Å²) in [5.74, 6) is 0. The second-order valence-electron chi connectivity index (χ2n) is 10.7. The molecule has 34 heavy (non-hydrogen) atoms. The van der Waals surface area contributed by atoms with Crippen molar-refractivity contribution in [1.29, 1.82) is 0 Å². The Labute approximate surface area is 202 Å². The van der Waals surface area contributed by atoms with Crippen molar-refractivity contribution in [2.45, 2.75) is 90.2 Å². The average molecular weight is 490 g/mol. The fourth-order valence-corrected chi connectivity index (χ4v) is 6.19. The van der Waals surface area contributed by atoms with Crippen LogP contribution in [0.5, 0.6) is 0 Å². The number of ether oxygens (including phenoxy) is 1. The van der Waals surface area contributed by atoms with E-state index in [1.54, 1.807) is 27.7 Å². The number of hydrogen-bond donors (Lipinski definition) is 2. The van der Waals surface area contributed by atoms with Gasteiger partial charge in [-0.25, -0.2) is 22.7 Å². The molecule has 2 N–H and O–H groups in total. The van der Waals surface area contributed by atoms with Gasteiger partial charge in [0.25, 0.3) is 10.0 Å². The summed E-state index contributed by atoms with van der Waals surface area (Å²) in [6.45, 7) is 7.64. The van der Waals surface area contributed by atoms with Crippen molar-refractivity contribution in [3.05, 3.63) is 39.8 Å². The molecule has 1 aliphatic heterocycles. The molecule has 1 aromatic rings. The molecule has 0 spiro atoms. The van der Waals surface area contributed by atoms with Crippen LogP contribution >= 0.6 is 0 Å². The first-order valence-corrected chi connectivity index (χ1v) is 13.6. The smallest absolute Gasteiger partial charge is 0.410 e. The van der Waals surface area contributed by atoms with Crippen molar-refractivity contribution in [2.24, 2.45) is 0 Å². The molecule has 0 aromatic heterocycles. The number of nitrogens with one attached hydrogen (secondary N) is 2. The number of rotatable bonds is 4. The van der Waals surface area contributed by atoms with Gasteiger partial charge in [-0.1, -0.05) is 0 Å². The van der Waals surface area contributed by atoms with Crippen LogP contribution in [0.1, 0.15) is 75.6 Å². The van der Waals surface area contributed by atoms with Gasteiger partial charge < -0.3 is 10.1 Å². The van der Waals surface area contributed by atoms with Gasteiger partial charge >= 0.3 is 12.1 Å². The molecular formula is C25H35N3O5S. The molecule has 1 heterocycles. The third-order valence-corrected chi connectivity index (χ3v) is 7.84. The fraction of sp³-hybridized carbons (Fsp3) is 0.600. The third kappa shape index (κ3) is 5.24. The molecule has 8 nitrogen and oxygen atoms in total. The molecule has 1 fully saturated rings. The number of hydrogen-bond acceptors (Lipinski definition) is 5. The van der Waals surface area contributed by atoms with E-state index >= 15 is 0 Å². The van der Waals surface area contributed by atoms with E-state index in [-0.39, 0.29) is 0 Å². The number of fused-ring (bicyclic) bond motifs is 3. The molecule has 0 radical (unpaired) electrons. The summed E-state index contributed by atoms with van der Waals surface area (Å²) in [7, 11) is -4.06. The SMILES string of the molecule is CC(C)(C)OC(=O)N1CCC[C@@]1(C)/C=C/S(=O)(=O)NC(=O)Nc1cc2c(c3c1CCC3)CCC2. The maximum absolute atomic E-state index is 12.7. The minimum Gasteiger partial charge on any atom is -0.444 e. The summed E-state index contributed by atoms with van der Waals surface area (Å²) in [5.41, 5.74) is 4.41. The van der Waals surface area contributed by atoms with Gasteiger partial charge in [0.05, 0.1) is 5.54 Å². The van der Waals surface area contributed by atoms with Crippen LogP contribution < -0.4 is 10.0 Å². The monoisotopic (exact) mass is 489 g/mol. The Hall–Kier alpha value is -2.55. The lowest BCUT2D eigenvalue weighted by Crippen LogP contribution is -2.46. The van der Waals surface area contributed by atoms with Gasteiger partial charge in [-0.3, -0.25) is 4.90 Å². The van der Waals surface area contributed by atoms with Crippen LogP contribution in [0.15, 0.2) is 17.6 Å². The minimum absolute atomic E-state index is 0.479. The van der Waals surface area contributed by atoms with Crippen molar-refractivity contribution in [2.75, 3.05) is 11.9 Å². The molecule has 3 amide bonds. The van der Waals surface area contributed by atoms with Gasteiger partial charge in [-0.2, -0.15) is 0 Å². The number of nitrogens with zero attached hydrogens (tertiary/aromatic N) is 1. The molecule has 1 aromatic carbocycles. The molecule has 0 saturated carbocycles. The molecule has 9 heteroatoms. The summed E-state index contributed by atoms with van der Waals surface area (Å²) in [5, 5.41) is 3.75. The number of urea groups is 1. The fourth-order valence-electron chi connectivity index (χ4n) is 5.34. The van der Waals surface area contributed by atoms with Crippen LogP contribution in [0.3, 0.4) is 0 Å². The molecule has 3 aliphatic rings. The van der Waals surface area contributed by atoms with E-state index in [0.717, 1.165) is 55.9 Å². The summed E-state index contributed by atoms with van der Waals surface area (Å²) in [6.07, 6.45) is 8.48. The van der Waals surface area contributed by atoms with Gasteiger partial charge in [0.1, 0.15) is 5.60 Å². The van der Waals surface area contributed by atoms with Crippen LogP contribution in [0.4, 0.5) is 15.3 Å². The van der Waals surface area contributed by atoms with Crippen LogP contribution in [0, 0.1) is 0 Å². The Bertz CT molecular complexity index is 1140. The van der Waals surface area contributed by atoms with E-state index in [4.69, 9.17) is 4.74 Å². The Balaban J connectivity index is 1.44. The summed E-state index contributed by atoms with van der Waals surface area (Å²) in [6, 6.07) is 1.23. The molecule has 4 rings (SSSR count). The maximum atomic E-state index is 12.7. The second-order valence-corrected chi connectivity index (χ2v) is 12.3. The summed E-state index contributed by atoms with van der Waals surface area (Å²) in [4.78, 5) is 26.7. The highest BCUT2D eigenvalue weighted by Gasteiger charge is 2.40. The third-order valence-electron chi connectivity index (χ3n) is 6.87. The molecule has 186 valence electrons. The standard InChI is InChI=1S/C25H35N3O5S/c1-24(2,3)33-23(30)28-14-7-12-25(28,4)13-15-34(31,32)27-22(29)26-21-16-17-8-5-9-18(17)19-10-6-11-20(19)21/h13,15-16H,5-12,14H2,1-4H3,(H2,26,27,29)/b15-13+/t25-/m0/s1. The van der Waals surface area contributed by atoms with Crippen molar-refractivity contribution < 1.29 is 22.7 Å². The van der Waals surface area contributed by atoms with E-state index in [1.807, 2.05) is 6.07 Å². The normalized spacial score (nSPS) is 22.1. The molecular weight excluding hydrogens is 454 g/mol. The minimum atomic E-state index is -4.06. The van der Waals surface area contributed by atoms with Crippen LogP contribution in [0.25, 0.3) is 0 Å². The Kier molecular flexibility index (Phi) is 6.44. The number of carbonyl (C=O) groups excluding carboxylic acids is 2. The predicted molar refractivity (Wildman–Crippen MR) is 131 cm³/mol. The maximum Gasteiger partial charge on any atom is 0.410 e. The molecule has 1 atom stereocenters. The zero-order valence-electron chi connectivity index (χ0n) is 20.5. The summed E-state index contributed by atoms with van der Waals surface area (Å²) >= 11 is 0. The number of benzene rings is 1. The predicted octanol–water partition coefficient (Wildman–Crippen LogP) is 4.42. The molecule has 0 bridgehead atoms. The summed E-state index contributed by atoms with van der Waals surface area (Å²) < 4.78 is 32.9. The molecule has 2 aliphatic carbocycles. The van der Waals surface area contributed by atoms with Crippen LogP contribution in [0.2, 0.25) is 0 Å². The number of likely N-dealkylation sites (tertiary alicyclic amines) is 1. The van der Waals surface area contributed by atoms with Gasteiger partial charge in [-0.15, -0.1) is 0 Å². The lowest BCUT2D eigenvalue weighted by molar-refractivity contribution is 0.0169. The number of amides is 3. The van der Waals surface area contributed by atoms with E-state index in [1.165, 1.54) is 27.7 Å². The number of carbonyl (C=O) groups is 2. The quantitative estimate of drug-likeness (QED) is 0.651. The zero-order valence-corrected chi connectivity index (χ0v) is 21.3. The highest BCUT2D eigenvalue weighted by Crippen LogP contribution is 2.38. The number of sulfonamides is 1. The van der Waals surface area contributed by atoms with E-state index in [2.05, 4.69) is 10.0 Å².